The van der Waals surface area contributed by atoms with Crippen LogP contribution in [0.25, 0.3) is 11.6 Å². The summed E-state index contributed by atoms with van der Waals surface area (Å²) in [6, 6.07) is 20.1. The molecule has 0 unspecified atom stereocenters. The molecule has 0 aliphatic heterocycles. The van der Waals surface area contributed by atoms with Gasteiger partial charge in [0.05, 0.1) is 14.2 Å². The van der Waals surface area contributed by atoms with Crippen LogP contribution in [0.3, 0.4) is 0 Å². The highest BCUT2D eigenvalue weighted by molar-refractivity contribution is 7.90. The van der Waals surface area contributed by atoms with Crippen LogP contribution < -0.4 is 33.7 Å². The van der Waals surface area contributed by atoms with E-state index in [1.54, 1.807) is 72.8 Å². The number of nitrogens with zero attached hydrogens (tertiary/aromatic N) is 5. The van der Waals surface area contributed by atoms with Gasteiger partial charge < -0.3 is 23.7 Å². The van der Waals surface area contributed by atoms with Crippen molar-refractivity contribution in [2.24, 2.45) is 0 Å². The van der Waals surface area contributed by atoms with E-state index in [4.69, 9.17) is 23.7 Å². The molecule has 48 heavy (non-hydrogen) atoms. The summed E-state index contributed by atoms with van der Waals surface area (Å²) < 4.78 is 59.4. The molecule has 0 saturated carbocycles. The standard InChI is InChI=1S/C31H30N8O8S/c1-43-22-13-11-21(12-14-22)20-35-48(41,42)39-27-26(47-24-9-4-3-8-23(24)44-2)30(38-29(37-27)28-33-16-7-17-34-28)45-18-19-46-31(40)36-25-10-5-6-15-32-25/h3-17,35H,18-20H2,1-2H3,(H,32,36,40)(H,37,38,39). The van der Waals surface area contributed by atoms with E-state index in [2.05, 4.69) is 39.7 Å². The molecule has 0 fully saturated rings. The third-order valence-corrected chi connectivity index (χ3v) is 7.17. The molecular weight excluding hydrogens is 644 g/mol. The Morgan fingerprint density at radius 2 is 1.50 bits per heavy atom. The number of ether oxygens (including phenoxy) is 5. The lowest BCUT2D eigenvalue weighted by Crippen LogP contribution is -2.30. The second-order valence-electron chi connectivity index (χ2n) is 9.45. The van der Waals surface area contributed by atoms with Crippen molar-refractivity contribution in [3.05, 3.63) is 97.0 Å². The van der Waals surface area contributed by atoms with E-state index < -0.39 is 16.3 Å². The van der Waals surface area contributed by atoms with Crippen LogP contribution >= 0.6 is 0 Å². The molecule has 17 heteroatoms. The number of anilines is 2. The number of hydrogen-bond donors (Lipinski definition) is 3. The van der Waals surface area contributed by atoms with E-state index >= 15 is 0 Å². The van der Waals surface area contributed by atoms with Crippen LogP contribution in [0.15, 0.2) is 91.4 Å². The normalized spacial score (nSPS) is 10.9. The van der Waals surface area contributed by atoms with E-state index in [1.807, 2.05) is 0 Å². The summed E-state index contributed by atoms with van der Waals surface area (Å²) in [5, 5.41) is 2.49. The molecule has 3 heterocycles. The van der Waals surface area contributed by atoms with Crippen LogP contribution in [0.4, 0.5) is 16.4 Å². The molecule has 0 radical (unpaired) electrons. The number of para-hydroxylation sites is 2. The molecular formula is C31H30N8O8S. The van der Waals surface area contributed by atoms with Crippen molar-refractivity contribution in [3.8, 4) is 40.5 Å². The van der Waals surface area contributed by atoms with Crippen molar-refractivity contribution in [3.63, 3.8) is 0 Å². The van der Waals surface area contributed by atoms with Crippen LogP contribution in [0, 0.1) is 0 Å². The topological polar surface area (TPSA) is 198 Å². The fourth-order valence-electron chi connectivity index (χ4n) is 3.95. The molecule has 0 aliphatic rings. The van der Waals surface area contributed by atoms with Crippen molar-refractivity contribution in [2.45, 2.75) is 6.54 Å². The highest BCUT2D eigenvalue weighted by atomic mass is 32.2. The largest absolute Gasteiger partial charge is 0.497 e. The molecule has 0 saturated heterocycles. The molecule has 5 rings (SSSR count). The number of benzene rings is 2. The molecule has 3 aromatic heterocycles. The van der Waals surface area contributed by atoms with E-state index in [0.717, 1.165) is 0 Å². The Morgan fingerprint density at radius 1 is 0.771 bits per heavy atom. The minimum Gasteiger partial charge on any atom is -0.497 e. The van der Waals surface area contributed by atoms with Gasteiger partial charge in [-0.05, 0) is 48.0 Å². The van der Waals surface area contributed by atoms with Crippen molar-refractivity contribution in [2.75, 3.05) is 37.5 Å². The predicted octanol–water partition coefficient (Wildman–Crippen LogP) is 4.21. The van der Waals surface area contributed by atoms with Gasteiger partial charge in [-0.1, -0.05) is 30.3 Å². The molecule has 248 valence electrons. The zero-order valence-corrected chi connectivity index (χ0v) is 26.5. The number of aromatic nitrogens is 5. The second kappa shape index (κ2) is 16.0. The predicted molar refractivity (Wildman–Crippen MR) is 173 cm³/mol. The lowest BCUT2D eigenvalue weighted by atomic mass is 10.2. The molecule has 0 aliphatic carbocycles. The average molecular weight is 675 g/mol. The summed E-state index contributed by atoms with van der Waals surface area (Å²) >= 11 is 0. The summed E-state index contributed by atoms with van der Waals surface area (Å²) in [5.41, 5.74) is 0.670. The summed E-state index contributed by atoms with van der Waals surface area (Å²) in [4.78, 5) is 33.4. The van der Waals surface area contributed by atoms with Crippen LogP contribution in [0.5, 0.6) is 28.9 Å². The number of rotatable bonds is 15. The maximum absolute atomic E-state index is 13.3. The number of pyridine rings is 1. The first-order valence-corrected chi connectivity index (χ1v) is 15.7. The molecule has 0 atom stereocenters. The second-order valence-corrected chi connectivity index (χ2v) is 11.0. The average Bonchev–Trinajstić information content (AvgIpc) is 3.11. The number of methoxy groups -OCH3 is 2. The zero-order valence-electron chi connectivity index (χ0n) is 25.7. The van der Waals surface area contributed by atoms with Crippen molar-refractivity contribution < 1.29 is 36.9 Å². The highest BCUT2D eigenvalue weighted by Crippen LogP contribution is 2.41. The van der Waals surface area contributed by atoms with Gasteiger partial charge in [0, 0.05) is 25.1 Å². The van der Waals surface area contributed by atoms with Gasteiger partial charge in [-0.15, -0.1) is 0 Å². The summed E-state index contributed by atoms with van der Waals surface area (Å²) in [5.74, 6) is 0.729. The van der Waals surface area contributed by atoms with Gasteiger partial charge in [-0.3, -0.25) is 10.0 Å². The zero-order chi connectivity index (χ0) is 33.8. The van der Waals surface area contributed by atoms with Gasteiger partial charge in [0.2, 0.25) is 11.6 Å². The molecule has 0 bridgehead atoms. The smallest absolute Gasteiger partial charge is 0.412 e. The quantitative estimate of drug-likeness (QED) is 0.134. The molecule has 1 amide bonds. The Hall–Kier alpha value is -6.07. The van der Waals surface area contributed by atoms with Gasteiger partial charge in [0.25, 0.3) is 5.88 Å². The van der Waals surface area contributed by atoms with E-state index in [9.17, 15) is 13.2 Å². The van der Waals surface area contributed by atoms with Crippen LogP contribution in [-0.4, -0.2) is 66.9 Å². The minimum absolute atomic E-state index is 0.0526. The molecule has 0 spiro atoms. The first-order chi connectivity index (χ1) is 23.3. The monoisotopic (exact) mass is 674 g/mol. The lowest BCUT2D eigenvalue weighted by Gasteiger charge is -2.18. The maximum atomic E-state index is 13.3. The van der Waals surface area contributed by atoms with E-state index in [-0.39, 0.29) is 54.6 Å². The maximum Gasteiger partial charge on any atom is 0.412 e. The van der Waals surface area contributed by atoms with Crippen LogP contribution in [0.2, 0.25) is 0 Å². The number of carbonyl (C=O) groups excluding carboxylic acids is 1. The highest BCUT2D eigenvalue weighted by Gasteiger charge is 2.25. The third-order valence-electron chi connectivity index (χ3n) is 6.19. The number of carbonyl (C=O) groups is 1. The van der Waals surface area contributed by atoms with Gasteiger partial charge in [-0.2, -0.15) is 18.1 Å². The van der Waals surface area contributed by atoms with Gasteiger partial charge in [0.15, 0.2) is 23.1 Å². The van der Waals surface area contributed by atoms with Gasteiger partial charge >= 0.3 is 16.3 Å². The number of amides is 1. The lowest BCUT2D eigenvalue weighted by molar-refractivity contribution is 0.135. The summed E-state index contributed by atoms with van der Waals surface area (Å²) in [6.07, 6.45) is 3.70. The van der Waals surface area contributed by atoms with Crippen LogP contribution in [0.1, 0.15) is 5.56 Å². The Bertz CT molecular complexity index is 1920. The fourth-order valence-corrected chi connectivity index (χ4v) is 4.77. The van der Waals surface area contributed by atoms with Crippen molar-refractivity contribution in [1.29, 1.82) is 0 Å². The van der Waals surface area contributed by atoms with Crippen molar-refractivity contribution in [1.82, 2.24) is 29.6 Å². The van der Waals surface area contributed by atoms with E-state index in [0.29, 0.717) is 22.9 Å². The molecule has 3 N–H and O–H groups in total. The number of hydrogen-bond acceptors (Lipinski definition) is 13. The summed E-state index contributed by atoms with van der Waals surface area (Å²) in [7, 11) is -1.29. The first-order valence-electron chi connectivity index (χ1n) is 14.2. The molecule has 5 aromatic rings. The Morgan fingerprint density at radius 3 is 2.21 bits per heavy atom. The molecule has 16 nitrogen and oxygen atoms in total. The Balaban J connectivity index is 1.44. The molecule has 2 aromatic carbocycles. The third kappa shape index (κ3) is 9.24. The Kier molecular flexibility index (Phi) is 11.1. The van der Waals surface area contributed by atoms with Crippen molar-refractivity contribution >= 4 is 27.9 Å². The van der Waals surface area contributed by atoms with Gasteiger partial charge in [-0.25, -0.2) is 24.7 Å². The summed E-state index contributed by atoms with van der Waals surface area (Å²) in [6.45, 7) is -0.493. The van der Waals surface area contributed by atoms with Crippen LogP contribution in [-0.2, 0) is 21.5 Å². The first kappa shape index (κ1) is 33.3. The Labute approximate surface area is 275 Å². The number of nitrogens with one attached hydrogen (secondary N) is 3. The fraction of sp³-hybridized carbons (Fsp3) is 0.161. The minimum atomic E-state index is -4.27. The van der Waals surface area contributed by atoms with Gasteiger partial charge in [0.1, 0.15) is 24.8 Å². The SMILES string of the molecule is COc1ccc(CNS(=O)(=O)Nc2nc(-c3ncccn3)nc(OCCOC(=O)Nc3ccccn3)c2Oc2ccccc2OC)cc1. The van der Waals surface area contributed by atoms with E-state index in [1.165, 1.54) is 32.8 Å².